The van der Waals surface area contributed by atoms with Crippen molar-refractivity contribution in [2.75, 3.05) is 32.6 Å². The van der Waals surface area contributed by atoms with Gasteiger partial charge in [0, 0.05) is 44.9 Å². The summed E-state index contributed by atoms with van der Waals surface area (Å²) >= 11 is 1.41. The van der Waals surface area contributed by atoms with Gasteiger partial charge < -0.3 is 10.1 Å². The van der Waals surface area contributed by atoms with E-state index in [-0.39, 0.29) is 11.1 Å². The second kappa shape index (κ2) is 5.56. The van der Waals surface area contributed by atoms with Gasteiger partial charge >= 0.3 is 0 Å². The third-order valence-electron chi connectivity index (χ3n) is 3.78. The average molecular weight is 330 g/mol. The Morgan fingerprint density at radius 3 is 2.86 bits per heavy atom. The van der Waals surface area contributed by atoms with Crippen molar-refractivity contribution in [2.24, 2.45) is 0 Å². The Labute approximate surface area is 127 Å². The lowest BCUT2D eigenvalue weighted by atomic mass is 10.1. The van der Waals surface area contributed by atoms with E-state index in [1.807, 2.05) is 5.38 Å². The molecular formula is C12H18N4O3S2. The number of imidazole rings is 1. The number of rotatable bonds is 4. The second-order valence-electron chi connectivity index (χ2n) is 4.94. The molecule has 3 heterocycles. The molecule has 1 N–H and O–H groups in total. The van der Waals surface area contributed by atoms with Crippen molar-refractivity contribution >= 4 is 32.1 Å². The van der Waals surface area contributed by atoms with Gasteiger partial charge in [-0.05, 0) is 12.8 Å². The monoisotopic (exact) mass is 330 g/mol. The number of ether oxygens (including phenoxy) is 1. The van der Waals surface area contributed by atoms with Crippen molar-refractivity contribution < 1.29 is 13.2 Å². The van der Waals surface area contributed by atoms with Crippen LogP contribution in [0.1, 0.15) is 12.8 Å². The molecule has 21 heavy (non-hydrogen) atoms. The summed E-state index contributed by atoms with van der Waals surface area (Å²) in [6.45, 7) is 1.20. The highest BCUT2D eigenvalue weighted by atomic mass is 32.2. The van der Waals surface area contributed by atoms with E-state index in [4.69, 9.17) is 4.74 Å². The van der Waals surface area contributed by atoms with Gasteiger partial charge in [0.2, 0.25) is 0 Å². The van der Waals surface area contributed by atoms with Gasteiger partial charge in [0.1, 0.15) is 0 Å². The molecule has 1 aliphatic heterocycles. The molecule has 0 bridgehead atoms. The number of nitrogens with zero attached hydrogens (tertiary/aromatic N) is 3. The standard InChI is InChI=1S/C12H18N4O3S2/c1-13-10-11(16-5-8-20-12(16)14-10)21(17,18)15(2)9-3-6-19-7-4-9/h5,8-9,13H,3-4,6-7H2,1-2H3. The molecule has 2 aromatic heterocycles. The van der Waals surface area contributed by atoms with Crippen molar-refractivity contribution in [2.45, 2.75) is 23.9 Å². The molecule has 0 spiro atoms. The van der Waals surface area contributed by atoms with E-state index < -0.39 is 10.0 Å². The van der Waals surface area contributed by atoms with E-state index in [1.54, 1.807) is 24.7 Å². The number of aromatic nitrogens is 2. The predicted octanol–water partition coefficient (Wildman–Crippen LogP) is 1.24. The van der Waals surface area contributed by atoms with Crippen LogP contribution in [0.2, 0.25) is 0 Å². The van der Waals surface area contributed by atoms with E-state index >= 15 is 0 Å². The van der Waals surface area contributed by atoms with Crippen molar-refractivity contribution in [3.05, 3.63) is 11.6 Å². The minimum atomic E-state index is -3.61. The summed E-state index contributed by atoms with van der Waals surface area (Å²) in [5.74, 6) is 0.390. The molecule has 7 nitrogen and oxygen atoms in total. The molecule has 0 atom stereocenters. The molecule has 0 aromatic carbocycles. The number of hydrogen-bond acceptors (Lipinski definition) is 6. The Morgan fingerprint density at radius 1 is 1.48 bits per heavy atom. The van der Waals surface area contributed by atoms with Crippen LogP contribution in [-0.2, 0) is 14.8 Å². The molecule has 1 fully saturated rings. The lowest BCUT2D eigenvalue weighted by Crippen LogP contribution is -2.41. The van der Waals surface area contributed by atoms with Gasteiger partial charge in [-0.25, -0.2) is 13.4 Å². The highest BCUT2D eigenvalue weighted by Gasteiger charge is 2.34. The SMILES string of the molecule is CNc1nc2sccn2c1S(=O)(=O)N(C)C1CCOCC1. The van der Waals surface area contributed by atoms with Crippen LogP contribution in [0.3, 0.4) is 0 Å². The molecule has 0 aliphatic carbocycles. The van der Waals surface area contributed by atoms with E-state index in [0.717, 1.165) is 12.8 Å². The first kappa shape index (κ1) is 14.8. The van der Waals surface area contributed by atoms with Gasteiger partial charge in [-0.15, -0.1) is 11.3 Å². The smallest absolute Gasteiger partial charge is 0.262 e. The molecule has 3 rings (SSSR count). The number of fused-ring (bicyclic) bond motifs is 1. The third-order valence-corrected chi connectivity index (χ3v) is 6.48. The van der Waals surface area contributed by atoms with Gasteiger partial charge in [0.05, 0.1) is 0 Å². The Hall–Kier alpha value is -1.16. The molecule has 0 radical (unpaired) electrons. The zero-order chi connectivity index (χ0) is 15.0. The first-order chi connectivity index (χ1) is 10.1. The molecule has 1 saturated heterocycles. The van der Waals surface area contributed by atoms with Crippen LogP contribution >= 0.6 is 11.3 Å². The quantitative estimate of drug-likeness (QED) is 0.913. The Kier molecular flexibility index (Phi) is 3.91. The van der Waals surface area contributed by atoms with Crippen molar-refractivity contribution in [1.82, 2.24) is 13.7 Å². The van der Waals surface area contributed by atoms with Crippen molar-refractivity contribution in [3.8, 4) is 0 Å². The predicted molar refractivity (Wildman–Crippen MR) is 81.4 cm³/mol. The van der Waals surface area contributed by atoms with E-state index in [2.05, 4.69) is 10.3 Å². The van der Waals surface area contributed by atoms with E-state index in [0.29, 0.717) is 24.0 Å². The molecule has 1 aliphatic rings. The largest absolute Gasteiger partial charge is 0.381 e. The van der Waals surface area contributed by atoms with Gasteiger partial charge in [0.15, 0.2) is 15.8 Å². The molecular weight excluding hydrogens is 312 g/mol. The highest BCUT2D eigenvalue weighted by Crippen LogP contribution is 2.29. The number of thiazole rings is 1. The Balaban J connectivity index is 2.04. The summed E-state index contributed by atoms with van der Waals surface area (Å²) in [6, 6.07) is -0.0300. The fourth-order valence-electron chi connectivity index (χ4n) is 2.56. The van der Waals surface area contributed by atoms with Crippen LogP contribution in [0, 0.1) is 0 Å². The fourth-order valence-corrected chi connectivity index (χ4v) is 4.99. The van der Waals surface area contributed by atoms with Gasteiger partial charge in [0.25, 0.3) is 10.0 Å². The maximum absolute atomic E-state index is 13.0. The van der Waals surface area contributed by atoms with Gasteiger partial charge in [-0.1, -0.05) is 0 Å². The zero-order valence-electron chi connectivity index (χ0n) is 11.9. The van der Waals surface area contributed by atoms with Crippen LogP contribution in [0.25, 0.3) is 4.96 Å². The minimum Gasteiger partial charge on any atom is -0.381 e. The van der Waals surface area contributed by atoms with Gasteiger partial charge in [-0.2, -0.15) is 4.31 Å². The number of anilines is 1. The minimum absolute atomic E-state index is 0.0300. The van der Waals surface area contributed by atoms with Crippen LogP contribution in [-0.4, -0.2) is 55.5 Å². The van der Waals surface area contributed by atoms with Crippen LogP contribution in [0.15, 0.2) is 16.6 Å². The topological polar surface area (TPSA) is 75.9 Å². The fraction of sp³-hybridized carbons (Fsp3) is 0.583. The summed E-state index contributed by atoms with van der Waals surface area (Å²) in [4.78, 5) is 4.99. The molecule has 0 unspecified atom stereocenters. The van der Waals surface area contributed by atoms with Crippen LogP contribution < -0.4 is 5.32 Å². The summed E-state index contributed by atoms with van der Waals surface area (Å²) in [6.07, 6.45) is 3.17. The Bertz CT molecular complexity index is 731. The highest BCUT2D eigenvalue weighted by molar-refractivity contribution is 7.89. The van der Waals surface area contributed by atoms with Crippen molar-refractivity contribution in [3.63, 3.8) is 0 Å². The number of nitrogens with one attached hydrogen (secondary N) is 1. The first-order valence-electron chi connectivity index (χ1n) is 6.75. The zero-order valence-corrected chi connectivity index (χ0v) is 13.6. The van der Waals surface area contributed by atoms with Crippen LogP contribution in [0.4, 0.5) is 5.82 Å². The maximum Gasteiger partial charge on any atom is 0.262 e. The lowest BCUT2D eigenvalue weighted by Gasteiger charge is -2.30. The van der Waals surface area contributed by atoms with E-state index in [9.17, 15) is 8.42 Å². The molecule has 0 saturated carbocycles. The second-order valence-corrected chi connectivity index (χ2v) is 7.72. The van der Waals surface area contributed by atoms with E-state index in [1.165, 1.54) is 15.6 Å². The van der Waals surface area contributed by atoms with Gasteiger partial charge in [-0.3, -0.25) is 4.40 Å². The molecule has 0 amide bonds. The summed E-state index contributed by atoms with van der Waals surface area (Å²) in [5.41, 5.74) is 0. The normalized spacial score (nSPS) is 17.7. The third kappa shape index (κ3) is 2.44. The molecule has 2 aromatic rings. The summed E-state index contributed by atoms with van der Waals surface area (Å²) in [5, 5.41) is 4.91. The lowest BCUT2D eigenvalue weighted by molar-refractivity contribution is 0.0631. The Morgan fingerprint density at radius 2 is 2.19 bits per heavy atom. The van der Waals surface area contributed by atoms with Crippen molar-refractivity contribution in [1.29, 1.82) is 0 Å². The summed E-state index contributed by atoms with van der Waals surface area (Å²) in [7, 11) is -0.296. The first-order valence-corrected chi connectivity index (χ1v) is 9.06. The molecule has 9 heteroatoms. The number of sulfonamides is 1. The van der Waals surface area contributed by atoms with Crippen LogP contribution in [0.5, 0.6) is 0 Å². The summed E-state index contributed by atoms with van der Waals surface area (Å²) < 4.78 is 34.3. The molecule has 116 valence electrons. The maximum atomic E-state index is 13.0. The average Bonchev–Trinajstić information content (AvgIpc) is 3.06. The number of hydrogen-bond donors (Lipinski definition) is 1.